The lowest BCUT2D eigenvalue weighted by molar-refractivity contribution is 0.102. The molecule has 6 heteroatoms. The quantitative estimate of drug-likeness (QED) is 0.711. The minimum absolute atomic E-state index is 0.129. The maximum atomic E-state index is 12.8. The van der Waals surface area contributed by atoms with E-state index in [0.717, 1.165) is 34.4 Å². The SMILES string of the molecule is CCOc1cc2c(cc1NC(=O)c1cc3ccc(OC)cc3[nH]1)OC(C)C2. The van der Waals surface area contributed by atoms with Gasteiger partial charge in [-0.2, -0.15) is 0 Å². The van der Waals surface area contributed by atoms with Gasteiger partial charge in [0, 0.05) is 35.0 Å². The van der Waals surface area contributed by atoms with Crippen LogP contribution in [0.15, 0.2) is 36.4 Å². The fourth-order valence-electron chi connectivity index (χ4n) is 3.36. The van der Waals surface area contributed by atoms with Gasteiger partial charge >= 0.3 is 0 Å². The molecule has 1 atom stereocenters. The molecule has 0 radical (unpaired) electrons. The zero-order chi connectivity index (χ0) is 19.0. The molecule has 4 rings (SSSR count). The summed E-state index contributed by atoms with van der Waals surface area (Å²) in [7, 11) is 1.61. The van der Waals surface area contributed by atoms with E-state index in [1.54, 1.807) is 7.11 Å². The lowest BCUT2D eigenvalue weighted by atomic mass is 10.1. The third-order valence-corrected chi connectivity index (χ3v) is 4.62. The van der Waals surface area contributed by atoms with E-state index in [9.17, 15) is 4.79 Å². The average molecular weight is 366 g/mol. The minimum Gasteiger partial charge on any atom is -0.497 e. The van der Waals surface area contributed by atoms with E-state index in [4.69, 9.17) is 14.2 Å². The molecule has 27 heavy (non-hydrogen) atoms. The first-order valence-electron chi connectivity index (χ1n) is 9.02. The Morgan fingerprint density at radius 1 is 1.30 bits per heavy atom. The molecule has 1 unspecified atom stereocenters. The van der Waals surface area contributed by atoms with E-state index >= 15 is 0 Å². The summed E-state index contributed by atoms with van der Waals surface area (Å²) >= 11 is 0. The molecule has 1 aliphatic heterocycles. The molecule has 1 amide bonds. The lowest BCUT2D eigenvalue weighted by Crippen LogP contribution is -2.13. The summed E-state index contributed by atoms with van der Waals surface area (Å²) in [5, 5.41) is 3.88. The number of carbonyl (C=O) groups excluding carboxylic acids is 1. The number of anilines is 1. The number of nitrogens with one attached hydrogen (secondary N) is 2. The molecule has 1 aliphatic rings. The van der Waals surface area contributed by atoms with Crippen molar-refractivity contribution in [2.24, 2.45) is 0 Å². The van der Waals surface area contributed by atoms with Gasteiger partial charge < -0.3 is 24.5 Å². The van der Waals surface area contributed by atoms with Gasteiger partial charge in [-0.25, -0.2) is 0 Å². The van der Waals surface area contributed by atoms with Crippen molar-refractivity contribution in [1.29, 1.82) is 0 Å². The number of methoxy groups -OCH3 is 1. The summed E-state index contributed by atoms with van der Waals surface area (Å²) in [6, 6.07) is 11.3. The highest BCUT2D eigenvalue weighted by Crippen LogP contribution is 2.38. The molecule has 6 nitrogen and oxygen atoms in total. The van der Waals surface area contributed by atoms with E-state index in [1.165, 1.54) is 0 Å². The Labute approximate surface area is 157 Å². The van der Waals surface area contributed by atoms with Gasteiger partial charge in [0.15, 0.2) is 0 Å². The molecule has 3 aromatic rings. The molecule has 0 aliphatic carbocycles. The Balaban J connectivity index is 1.63. The van der Waals surface area contributed by atoms with E-state index in [-0.39, 0.29) is 12.0 Å². The number of aromatic amines is 1. The monoisotopic (exact) mass is 366 g/mol. The van der Waals surface area contributed by atoms with Crippen LogP contribution in [0, 0.1) is 0 Å². The fourth-order valence-corrected chi connectivity index (χ4v) is 3.36. The van der Waals surface area contributed by atoms with Crippen LogP contribution in [0.3, 0.4) is 0 Å². The summed E-state index contributed by atoms with van der Waals surface area (Å²) in [6.45, 7) is 4.46. The highest BCUT2D eigenvalue weighted by Gasteiger charge is 2.23. The van der Waals surface area contributed by atoms with Crippen LogP contribution < -0.4 is 19.5 Å². The molecule has 0 saturated heterocycles. The standard InChI is InChI=1S/C21H22N2O4/c1-4-26-20-9-14-7-12(2)27-19(14)11-17(20)23-21(24)18-8-13-5-6-15(25-3)10-16(13)22-18/h5-6,8-12,22H,4,7H2,1-3H3,(H,23,24). The number of aromatic nitrogens is 1. The molecular weight excluding hydrogens is 344 g/mol. The van der Waals surface area contributed by atoms with Gasteiger partial charge in [0.05, 0.1) is 19.4 Å². The summed E-state index contributed by atoms with van der Waals surface area (Å²) < 4.78 is 16.8. The first-order valence-corrected chi connectivity index (χ1v) is 9.02. The van der Waals surface area contributed by atoms with Crippen molar-refractivity contribution in [1.82, 2.24) is 4.98 Å². The number of fused-ring (bicyclic) bond motifs is 2. The highest BCUT2D eigenvalue weighted by molar-refractivity contribution is 6.06. The average Bonchev–Trinajstić information content (AvgIpc) is 3.23. The summed E-state index contributed by atoms with van der Waals surface area (Å²) in [4.78, 5) is 15.9. The molecule has 0 bridgehead atoms. The summed E-state index contributed by atoms with van der Waals surface area (Å²) in [5.41, 5.74) is 3.01. The van der Waals surface area contributed by atoms with Crippen LogP contribution in [0.4, 0.5) is 5.69 Å². The topological polar surface area (TPSA) is 72.6 Å². The van der Waals surface area contributed by atoms with Gasteiger partial charge in [-0.15, -0.1) is 0 Å². The highest BCUT2D eigenvalue weighted by atomic mass is 16.5. The molecule has 1 aromatic heterocycles. The van der Waals surface area contributed by atoms with Crippen LogP contribution >= 0.6 is 0 Å². The molecule has 2 N–H and O–H groups in total. The molecule has 140 valence electrons. The van der Waals surface area contributed by atoms with Crippen LogP contribution in [0.25, 0.3) is 10.9 Å². The van der Waals surface area contributed by atoms with Crippen molar-refractivity contribution >= 4 is 22.5 Å². The van der Waals surface area contributed by atoms with Crippen LogP contribution in [0.2, 0.25) is 0 Å². The minimum atomic E-state index is -0.239. The lowest BCUT2D eigenvalue weighted by Gasteiger charge is -2.13. The number of ether oxygens (including phenoxy) is 3. The number of rotatable bonds is 5. The number of hydrogen-bond donors (Lipinski definition) is 2. The van der Waals surface area contributed by atoms with Crippen molar-refractivity contribution in [3.05, 3.63) is 47.7 Å². The Bertz CT molecular complexity index is 1010. The van der Waals surface area contributed by atoms with Gasteiger partial charge in [0.1, 0.15) is 29.0 Å². The number of hydrogen-bond acceptors (Lipinski definition) is 4. The predicted molar refractivity (Wildman–Crippen MR) is 104 cm³/mol. The number of amides is 1. The maximum absolute atomic E-state index is 12.8. The van der Waals surface area contributed by atoms with Crippen molar-refractivity contribution in [2.75, 3.05) is 19.0 Å². The third-order valence-electron chi connectivity index (χ3n) is 4.62. The Kier molecular flexibility index (Phi) is 4.39. The van der Waals surface area contributed by atoms with Gasteiger partial charge in [-0.3, -0.25) is 4.79 Å². The third kappa shape index (κ3) is 3.30. The second-order valence-corrected chi connectivity index (χ2v) is 6.61. The van der Waals surface area contributed by atoms with Crippen molar-refractivity contribution in [3.8, 4) is 17.2 Å². The molecular formula is C21H22N2O4. The zero-order valence-corrected chi connectivity index (χ0v) is 15.6. The normalized spacial score (nSPS) is 15.3. The van der Waals surface area contributed by atoms with Crippen molar-refractivity contribution < 1.29 is 19.0 Å². The van der Waals surface area contributed by atoms with Gasteiger partial charge in [0.2, 0.25) is 0 Å². The Morgan fingerprint density at radius 3 is 2.93 bits per heavy atom. The van der Waals surface area contributed by atoms with Gasteiger partial charge in [-0.1, -0.05) is 0 Å². The fraction of sp³-hybridized carbons (Fsp3) is 0.286. The predicted octanol–water partition coefficient (Wildman–Crippen LogP) is 4.15. The van der Waals surface area contributed by atoms with Crippen molar-refractivity contribution in [3.63, 3.8) is 0 Å². The molecule has 0 spiro atoms. The van der Waals surface area contributed by atoms with Crippen LogP contribution in [-0.2, 0) is 6.42 Å². The molecule has 0 saturated carbocycles. The van der Waals surface area contributed by atoms with E-state index in [2.05, 4.69) is 10.3 Å². The van der Waals surface area contributed by atoms with Crippen LogP contribution in [0.5, 0.6) is 17.2 Å². The zero-order valence-electron chi connectivity index (χ0n) is 15.6. The molecule has 0 fully saturated rings. The number of benzene rings is 2. The van der Waals surface area contributed by atoms with Crippen LogP contribution in [-0.4, -0.2) is 30.7 Å². The van der Waals surface area contributed by atoms with Gasteiger partial charge in [-0.05, 0) is 38.1 Å². The first-order chi connectivity index (χ1) is 13.1. The smallest absolute Gasteiger partial charge is 0.272 e. The van der Waals surface area contributed by atoms with Gasteiger partial charge in [0.25, 0.3) is 5.91 Å². The summed E-state index contributed by atoms with van der Waals surface area (Å²) in [5.74, 6) is 1.94. The first kappa shape index (κ1) is 17.3. The second-order valence-electron chi connectivity index (χ2n) is 6.61. The van der Waals surface area contributed by atoms with E-state index in [0.29, 0.717) is 23.7 Å². The number of carbonyl (C=O) groups is 1. The summed E-state index contributed by atoms with van der Waals surface area (Å²) in [6.07, 6.45) is 0.970. The number of H-pyrrole nitrogens is 1. The van der Waals surface area contributed by atoms with E-state index in [1.807, 2.05) is 50.2 Å². The second kappa shape index (κ2) is 6.87. The maximum Gasteiger partial charge on any atom is 0.272 e. The Hall–Kier alpha value is -3.15. The molecule has 2 aromatic carbocycles. The van der Waals surface area contributed by atoms with Crippen molar-refractivity contribution in [2.45, 2.75) is 26.4 Å². The largest absolute Gasteiger partial charge is 0.497 e. The molecule has 2 heterocycles. The van der Waals surface area contributed by atoms with Crippen LogP contribution in [0.1, 0.15) is 29.9 Å². The Morgan fingerprint density at radius 2 is 2.15 bits per heavy atom. The van der Waals surface area contributed by atoms with E-state index < -0.39 is 0 Å².